The van der Waals surface area contributed by atoms with Crippen molar-refractivity contribution in [3.8, 4) is 0 Å². The van der Waals surface area contributed by atoms with Gasteiger partial charge in [-0.15, -0.1) is 0 Å². The van der Waals surface area contributed by atoms with E-state index < -0.39 is 17.5 Å². The fourth-order valence-electron chi connectivity index (χ4n) is 5.51. The Bertz CT molecular complexity index is 1430. The van der Waals surface area contributed by atoms with Crippen molar-refractivity contribution in [2.75, 3.05) is 20.1 Å². The minimum atomic E-state index is -4.55. The molecular formula is C29H33ClF3N5O2. The highest BCUT2D eigenvalue weighted by Gasteiger charge is 2.68. The summed E-state index contributed by atoms with van der Waals surface area (Å²) in [6.07, 6.45) is -1.25. The third-order valence-electron chi connectivity index (χ3n) is 8.31. The number of aromatic nitrogens is 2. The molecule has 2 aliphatic rings. The summed E-state index contributed by atoms with van der Waals surface area (Å²) in [5.74, 6) is -0.405. The predicted molar refractivity (Wildman–Crippen MR) is 147 cm³/mol. The first-order chi connectivity index (χ1) is 19.0. The fourth-order valence-corrected chi connectivity index (χ4v) is 5.69. The zero-order chi connectivity index (χ0) is 28.7. The first kappa shape index (κ1) is 28.4. The maximum Gasteiger partial charge on any atom is 0.403 e. The summed E-state index contributed by atoms with van der Waals surface area (Å²) in [4.78, 5) is 32.1. The molecule has 1 unspecified atom stereocenters. The number of nitrogens with one attached hydrogen (secondary N) is 2. The molecule has 1 aliphatic heterocycles. The van der Waals surface area contributed by atoms with Gasteiger partial charge in [0.1, 0.15) is 11.2 Å². The average molecular weight is 576 g/mol. The topological polar surface area (TPSA) is 79.3 Å². The standard InChI is InChI=1S/C29H33ClF3N5O2/c1-37-13-3-4-21(37)9-12-34-26(39)19-6-8-24-23(15-19)36-25(38(24)2)16-20-14-18(5-7-22(20)30)17-35-27(40)28(10-11-28)29(31,32)33/h5-8,14-15,21H,3-4,9-13,16-17H2,1-2H3,(H,34,39)(H,35,40). The molecule has 1 aliphatic carbocycles. The third kappa shape index (κ3) is 5.69. The maximum absolute atomic E-state index is 13.2. The van der Waals surface area contributed by atoms with E-state index in [0.29, 0.717) is 46.5 Å². The summed E-state index contributed by atoms with van der Waals surface area (Å²) in [5, 5.41) is 5.94. The van der Waals surface area contributed by atoms with Crippen molar-refractivity contribution in [2.45, 2.75) is 57.3 Å². The van der Waals surface area contributed by atoms with Crippen LogP contribution in [0.3, 0.4) is 0 Å². The molecule has 0 bridgehead atoms. The summed E-state index contributed by atoms with van der Waals surface area (Å²) in [6.45, 7) is 1.69. The van der Waals surface area contributed by atoms with Crippen LogP contribution in [0.15, 0.2) is 36.4 Å². The quantitative estimate of drug-likeness (QED) is 0.377. The van der Waals surface area contributed by atoms with Crippen molar-refractivity contribution >= 4 is 34.4 Å². The van der Waals surface area contributed by atoms with Crippen LogP contribution in [-0.4, -0.2) is 58.6 Å². The number of carbonyl (C=O) groups is 2. The van der Waals surface area contributed by atoms with E-state index >= 15 is 0 Å². The molecule has 2 amide bonds. The van der Waals surface area contributed by atoms with E-state index in [-0.39, 0.29) is 25.3 Å². The summed E-state index contributed by atoms with van der Waals surface area (Å²) in [7, 11) is 4.00. The Balaban J connectivity index is 1.24. The smallest absolute Gasteiger partial charge is 0.352 e. The first-order valence-corrected chi connectivity index (χ1v) is 13.9. The minimum Gasteiger partial charge on any atom is -0.352 e. The minimum absolute atomic E-state index is 0.0289. The van der Waals surface area contributed by atoms with Crippen LogP contribution in [0.4, 0.5) is 13.2 Å². The van der Waals surface area contributed by atoms with Crippen molar-refractivity contribution in [1.82, 2.24) is 25.1 Å². The number of imidazole rings is 1. The lowest BCUT2D eigenvalue weighted by molar-refractivity contribution is -0.192. The van der Waals surface area contributed by atoms with Gasteiger partial charge in [-0.1, -0.05) is 23.7 Å². The van der Waals surface area contributed by atoms with Gasteiger partial charge in [0.05, 0.1) is 11.0 Å². The van der Waals surface area contributed by atoms with Crippen molar-refractivity contribution in [2.24, 2.45) is 12.5 Å². The molecule has 0 radical (unpaired) electrons. The lowest BCUT2D eigenvalue weighted by atomic mass is 10.0. The van der Waals surface area contributed by atoms with Gasteiger partial charge in [0.25, 0.3) is 5.91 Å². The number of alkyl halides is 3. The molecule has 3 aromatic rings. The van der Waals surface area contributed by atoms with E-state index in [1.807, 2.05) is 17.7 Å². The van der Waals surface area contributed by atoms with Crippen LogP contribution >= 0.6 is 11.6 Å². The van der Waals surface area contributed by atoms with Crippen molar-refractivity contribution < 1.29 is 22.8 Å². The molecule has 7 nitrogen and oxygen atoms in total. The van der Waals surface area contributed by atoms with Crippen LogP contribution in [0.2, 0.25) is 5.02 Å². The molecule has 0 spiro atoms. The molecule has 11 heteroatoms. The molecule has 2 fully saturated rings. The highest BCUT2D eigenvalue weighted by molar-refractivity contribution is 6.31. The van der Waals surface area contributed by atoms with Gasteiger partial charge in [-0.05, 0) is 81.1 Å². The number of benzene rings is 2. The van der Waals surface area contributed by atoms with Gasteiger partial charge < -0.3 is 20.1 Å². The van der Waals surface area contributed by atoms with Gasteiger partial charge in [-0.25, -0.2) is 4.98 Å². The van der Waals surface area contributed by atoms with Crippen molar-refractivity contribution in [3.05, 3.63) is 63.9 Å². The van der Waals surface area contributed by atoms with E-state index in [0.717, 1.165) is 30.5 Å². The maximum atomic E-state index is 13.2. The normalized spacial score (nSPS) is 18.7. The molecule has 2 N–H and O–H groups in total. The van der Waals surface area contributed by atoms with Crippen LogP contribution < -0.4 is 10.6 Å². The Hall–Kier alpha value is -3.11. The Kier molecular flexibility index (Phi) is 7.85. The van der Waals surface area contributed by atoms with Crippen LogP contribution in [0.1, 0.15) is 59.4 Å². The zero-order valence-corrected chi connectivity index (χ0v) is 23.3. The van der Waals surface area contributed by atoms with Crippen LogP contribution in [0.25, 0.3) is 11.0 Å². The second-order valence-corrected chi connectivity index (χ2v) is 11.4. The SMILES string of the molecule is CN1CCCC1CCNC(=O)c1ccc2c(c1)nc(Cc1cc(CNC(=O)C3(C(F)(F)F)CC3)ccc1Cl)n2C. The molecule has 5 rings (SSSR count). The predicted octanol–water partition coefficient (Wildman–Crippen LogP) is 4.99. The monoisotopic (exact) mass is 575 g/mol. The third-order valence-corrected chi connectivity index (χ3v) is 8.68. The number of carbonyl (C=O) groups excluding carboxylic acids is 2. The molecule has 1 atom stereocenters. The summed E-state index contributed by atoms with van der Waals surface area (Å²) in [6, 6.07) is 11.1. The molecule has 214 valence electrons. The largest absolute Gasteiger partial charge is 0.403 e. The summed E-state index contributed by atoms with van der Waals surface area (Å²) < 4.78 is 41.7. The van der Waals surface area contributed by atoms with Crippen molar-refractivity contribution in [1.29, 1.82) is 0 Å². The number of fused-ring (bicyclic) bond motifs is 1. The number of halogens is 4. The van der Waals surface area contributed by atoms with Gasteiger partial charge in [0.15, 0.2) is 0 Å². The zero-order valence-electron chi connectivity index (χ0n) is 22.6. The molecule has 2 aromatic carbocycles. The molecule has 1 saturated heterocycles. The lowest BCUT2D eigenvalue weighted by Crippen LogP contribution is -2.40. The van der Waals surface area contributed by atoms with E-state index in [4.69, 9.17) is 16.6 Å². The van der Waals surface area contributed by atoms with E-state index in [2.05, 4.69) is 22.6 Å². The lowest BCUT2D eigenvalue weighted by Gasteiger charge is -2.19. The number of aryl methyl sites for hydroxylation is 1. The van der Waals surface area contributed by atoms with Gasteiger partial charge in [0, 0.05) is 43.2 Å². The highest BCUT2D eigenvalue weighted by Crippen LogP contribution is 2.57. The number of likely N-dealkylation sites (tertiary alicyclic amines) is 1. The van der Waals surface area contributed by atoms with E-state index in [1.54, 1.807) is 30.3 Å². The van der Waals surface area contributed by atoms with Gasteiger partial charge in [-0.3, -0.25) is 9.59 Å². The van der Waals surface area contributed by atoms with Gasteiger partial charge >= 0.3 is 6.18 Å². The van der Waals surface area contributed by atoms with E-state index in [9.17, 15) is 22.8 Å². The number of amides is 2. The number of hydrogen-bond acceptors (Lipinski definition) is 4. The Morgan fingerprint density at radius 3 is 2.58 bits per heavy atom. The van der Waals surface area contributed by atoms with Gasteiger partial charge in [0.2, 0.25) is 5.91 Å². The van der Waals surface area contributed by atoms with Gasteiger partial charge in [-0.2, -0.15) is 13.2 Å². The number of hydrogen-bond donors (Lipinski definition) is 2. The number of nitrogens with zero attached hydrogens (tertiary/aromatic N) is 3. The second kappa shape index (κ2) is 11.0. The summed E-state index contributed by atoms with van der Waals surface area (Å²) >= 11 is 6.44. The molecule has 1 aromatic heterocycles. The van der Waals surface area contributed by atoms with Crippen LogP contribution in [0.5, 0.6) is 0 Å². The molecule has 2 heterocycles. The number of rotatable bonds is 9. The van der Waals surface area contributed by atoms with E-state index in [1.165, 1.54) is 6.42 Å². The molecular weight excluding hydrogens is 543 g/mol. The second-order valence-electron chi connectivity index (χ2n) is 11.0. The Morgan fingerprint density at radius 1 is 1.12 bits per heavy atom. The highest BCUT2D eigenvalue weighted by atomic mass is 35.5. The fraction of sp³-hybridized carbons (Fsp3) is 0.483. The molecule has 1 saturated carbocycles. The molecule has 40 heavy (non-hydrogen) atoms. The van der Waals surface area contributed by atoms with Crippen LogP contribution in [0, 0.1) is 5.41 Å². The van der Waals surface area contributed by atoms with Crippen LogP contribution in [-0.2, 0) is 24.8 Å². The average Bonchev–Trinajstić information content (AvgIpc) is 3.57. The summed E-state index contributed by atoms with van der Waals surface area (Å²) in [5.41, 5.74) is 1.21. The first-order valence-electron chi connectivity index (χ1n) is 13.5. The Labute approximate surface area is 236 Å². The Morgan fingerprint density at radius 2 is 1.90 bits per heavy atom. The van der Waals surface area contributed by atoms with Crippen molar-refractivity contribution in [3.63, 3.8) is 0 Å².